The van der Waals surface area contributed by atoms with Gasteiger partial charge in [0.25, 0.3) is 23.6 Å². The van der Waals surface area contributed by atoms with Crippen LogP contribution in [0.25, 0.3) is 0 Å². The van der Waals surface area contributed by atoms with Gasteiger partial charge in [-0.15, -0.1) is 0 Å². The van der Waals surface area contributed by atoms with E-state index in [0.717, 1.165) is 78.5 Å². The van der Waals surface area contributed by atoms with Crippen LogP contribution in [0.3, 0.4) is 0 Å². The first-order valence-electron chi connectivity index (χ1n) is 41.1. The van der Waals surface area contributed by atoms with E-state index in [-0.39, 0.29) is 164 Å². The van der Waals surface area contributed by atoms with E-state index in [1.165, 1.54) is 51.3 Å². The maximum atomic E-state index is 14.2. The van der Waals surface area contributed by atoms with Crippen LogP contribution in [0, 0.1) is 26.9 Å². The quantitative estimate of drug-likeness (QED) is 0.0654. The van der Waals surface area contributed by atoms with Gasteiger partial charge in [-0.2, -0.15) is 23.5 Å². The Hall–Kier alpha value is -10.1. The van der Waals surface area contributed by atoms with Gasteiger partial charge in [0, 0.05) is 167 Å². The largest absolute Gasteiger partial charge is 0.522 e. The number of ether oxygens (including phenoxy) is 6. The average molecular weight is 1850 g/mol. The summed E-state index contributed by atoms with van der Waals surface area (Å²) in [6.07, 6.45) is 3.82. The molecule has 0 aromatic heterocycles. The first-order chi connectivity index (χ1) is 58.9. The molecule has 18 rings (SSSR count). The Morgan fingerprint density at radius 3 is 1.07 bits per heavy atom. The number of nitrogens with zero attached hydrogens (tertiary/aromatic N) is 10. The number of benzene rings is 10. The van der Waals surface area contributed by atoms with Crippen LogP contribution in [0.2, 0.25) is 0 Å². The van der Waals surface area contributed by atoms with Crippen LogP contribution in [0.4, 0.5) is 34.1 Å². The Morgan fingerprint density at radius 1 is 0.395 bits per heavy atom. The SMILES string of the molecule is COc1cc2c(cc1OCc1cc(COc3cc4c(cc3C)C(=O)N3Cc5ccccc5[C@H]3C(C)N4C)cc(N(C)C(=O)CSC)c1)N(C)C(C)[C@@H]1c3ccccc3CN1C2=O.COc1cc2c(cc1OCc1cc(COc3cc4c(cc3C)C(=O)N3Cc5ccccc5[C@H]3[CH-]N4C)cc(N(C)C(=O)CSC)c1)N(C)[CH-][C@@H]1c3ccccc3CN1C2=O.[Y].[Y]. The van der Waals surface area contributed by atoms with Gasteiger partial charge >= 0.3 is 0 Å². The summed E-state index contributed by atoms with van der Waals surface area (Å²) in [4.78, 5) is 102. The van der Waals surface area contributed by atoms with Gasteiger partial charge in [-0.05, 0) is 205 Å². The molecule has 8 aliphatic heterocycles. The molecule has 6 atom stereocenters. The molecule has 0 bridgehead atoms. The molecule has 0 spiro atoms. The molecule has 22 nitrogen and oxygen atoms in total. The first kappa shape index (κ1) is 88.8. The molecule has 124 heavy (non-hydrogen) atoms. The van der Waals surface area contributed by atoms with Crippen molar-refractivity contribution in [3.63, 3.8) is 0 Å². The minimum atomic E-state index is -0.178. The third-order valence-corrected chi connectivity index (χ3v) is 26.5. The number of aryl methyl sites for hydroxylation is 2. The number of methoxy groups -OCH3 is 2. The summed E-state index contributed by atoms with van der Waals surface area (Å²) >= 11 is 2.95. The Morgan fingerprint density at radius 2 is 0.694 bits per heavy atom. The Bertz CT molecular complexity index is 5880. The van der Waals surface area contributed by atoms with Crippen molar-refractivity contribution in [2.45, 2.75) is 117 Å². The molecule has 10 aromatic carbocycles. The molecular weight excluding hydrogens is 1750 g/mol. The van der Waals surface area contributed by atoms with Crippen molar-refractivity contribution in [1.29, 1.82) is 0 Å². The summed E-state index contributed by atoms with van der Waals surface area (Å²) in [5, 5.41) is 0. The molecule has 8 heterocycles. The maximum absolute atomic E-state index is 14.2. The molecule has 2 unspecified atom stereocenters. The van der Waals surface area contributed by atoms with E-state index in [2.05, 4.69) is 92.3 Å². The summed E-state index contributed by atoms with van der Waals surface area (Å²) in [7, 11) is 14.7. The average Bonchev–Trinajstić information content (AvgIpc) is 1.60. The third-order valence-electron chi connectivity index (χ3n) is 25.4. The molecule has 10 aromatic rings. The minimum Gasteiger partial charge on any atom is -0.522 e. The number of thioether (sulfide) groups is 2. The van der Waals surface area contributed by atoms with Crippen molar-refractivity contribution in [1.82, 2.24) is 19.6 Å². The number of carbonyl (C=O) groups excluding carboxylic acids is 6. The van der Waals surface area contributed by atoms with Gasteiger partial charge in [0.2, 0.25) is 11.8 Å². The molecule has 6 amide bonds. The van der Waals surface area contributed by atoms with Crippen molar-refractivity contribution in [3.8, 4) is 34.5 Å². The van der Waals surface area contributed by atoms with E-state index in [1.807, 2.05) is 198 Å². The smallest absolute Gasteiger partial charge is 0.256 e. The van der Waals surface area contributed by atoms with Gasteiger partial charge < -0.3 is 77.4 Å². The zero-order valence-corrected chi connectivity index (χ0v) is 79.7. The molecule has 0 aliphatic carbocycles. The Labute approximate surface area is 784 Å². The van der Waals surface area contributed by atoms with E-state index in [9.17, 15) is 28.8 Å². The van der Waals surface area contributed by atoms with Gasteiger partial charge in [0.05, 0.1) is 83.5 Å². The van der Waals surface area contributed by atoms with Crippen molar-refractivity contribution >= 4 is 93.1 Å². The Kier molecular flexibility index (Phi) is 26.4. The molecule has 634 valence electrons. The van der Waals surface area contributed by atoms with E-state index >= 15 is 0 Å². The standard InChI is InChI=1S/C50H53N5O6S.C48H47N5O6S.2Y/c1-29-17-39-41(51(4)30(2)47-37-15-11-9-13-34(37)24-54(47)49(39)57)22-43(29)60-26-32-18-33(20-36(19-32)53(6)46(56)28-62-8)27-61-45-23-42-40(21-44(45)59-7)50(58)55-25-35-14-10-12-16-38(35)48(55)31(3)52(42)5;1-29-15-37-39(49(2)24-41-35-13-9-7-11-32(35)22-52(41)47(37)55)20-43(29)58-26-30-16-31(18-34(17-30)51(4)46(54)28-60-6)27-59-45-21-40-38(19-44(45)57-5)48(56)53-23-33-12-8-10-14-36(33)42(53)25-50(40)3;;/h9-23,30-31,47-48H,24-28H2,1-8H3;7-21,24-25,41-42H,22-23,26-28H2,1-6H3;;/q;-2;;/t30?,31?,47-,48-;41-,42-;;/m11../s1. The predicted molar refractivity (Wildman–Crippen MR) is 480 cm³/mol. The van der Waals surface area contributed by atoms with Gasteiger partial charge in [0.15, 0.2) is 23.0 Å². The number of carbonyl (C=O) groups is 6. The van der Waals surface area contributed by atoms with Gasteiger partial charge in [-0.3, -0.25) is 28.8 Å². The molecular formula is C98H100N10O12S2Y2-2. The van der Waals surface area contributed by atoms with Crippen molar-refractivity contribution < 1.29 is 123 Å². The molecule has 8 aliphatic rings. The molecule has 2 radical (unpaired) electrons. The number of likely N-dealkylation sites (N-methyl/N-ethyl adjacent to an activating group) is 4. The van der Waals surface area contributed by atoms with Crippen molar-refractivity contribution in [2.75, 3.05) is 110 Å². The van der Waals surface area contributed by atoms with Gasteiger partial charge in [-0.25, -0.2) is 13.1 Å². The van der Waals surface area contributed by atoms with Crippen LogP contribution in [0.15, 0.2) is 182 Å². The maximum Gasteiger partial charge on any atom is 0.256 e. The molecule has 0 saturated heterocycles. The second-order valence-corrected chi connectivity index (χ2v) is 34.5. The number of rotatable bonds is 20. The van der Waals surface area contributed by atoms with Crippen molar-refractivity contribution in [3.05, 3.63) is 295 Å². The van der Waals surface area contributed by atoms with Gasteiger partial charge in [-0.1, -0.05) is 97.1 Å². The fourth-order valence-electron chi connectivity index (χ4n) is 18.6. The van der Waals surface area contributed by atoms with Crippen molar-refractivity contribution in [2.24, 2.45) is 0 Å². The molecule has 0 fully saturated rings. The summed E-state index contributed by atoms with van der Waals surface area (Å²) in [5.74, 6) is 3.77. The topological polar surface area (TPSA) is 190 Å². The van der Waals surface area contributed by atoms with E-state index < -0.39 is 0 Å². The van der Waals surface area contributed by atoms with Crippen LogP contribution >= 0.6 is 23.5 Å². The van der Waals surface area contributed by atoms with Crippen LogP contribution < -0.4 is 57.8 Å². The second kappa shape index (κ2) is 36.9. The normalized spacial score (nSPS) is 18.3. The first-order valence-corrected chi connectivity index (χ1v) is 43.9. The predicted octanol–water partition coefficient (Wildman–Crippen LogP) is 16.7. The zero-order chi connectivity index (χ0) is 85.4. The van der Waals surface area contributed by atoms with Crippen LogP contribution in [0.5, 0.6) is 34.5 Å². The zero-order valence-electron chi connectivity index (χ0n) is 72.4. The summed E-state index contributed by atoms with van der Waals surface area (Å²) < 4.78 is 37.9. The number of anilines is 6. The van der Waals surface area contributed by atoms with Crippen LogP contribution in [-0.4, -0.2) is 148 Å². The Balaban J connectivity index is 0.000000189. The molecule has 0 saturated carbocycles. The fourth-order valence-corrected chi connectivity index (χ4v) is 19.5. The van der Waals surface area contributed by atoms with Gasteiger partial charge in [0.1, 0.15) is 37.9 Å². The summed E-state index contributed by atoms with van der Waals surface area (Å²) in [6.45, 7) is 15.4. The number of fused-ring (bicyclic) bond motifs is 16. The van der Waals surface area contributed by atoms with Crippen LogP contribution in [-0.2, 0) is 128 Å². The number of amides is 6. The van der Waals surface area contributed by atoms with E-state index in [4.69, 9.17) is 28.4 Å². The van der Waals surface area contributed by atoms with E-state index in [1.54, 1.807) is 50.2 Å². The molecule has 26 heteroatoms. The van der Waals surface area contributed by atoms with Crippen LogP contribution in [0.1, 0.15) is 157 Å². The van der Waals surface area contributed by atoms with E-state index in [0.29, 0.717) is 100 Å². The number of hydrogen-bond acceptors (Lipinski definition) is 18. The fraction of sp³-hybridized carbons (Fsp3) is 0.306. The number of hydrogen-bond donors (Lipinski definition) is 0. The molecule has 0 N–H and O–H groups in total. The minimum absolute atomic E-state index is 0. The summed E-state index contributed by atoms with van der Waals surface area (Å²) in [6, 6.07) is 59.6. The third kappa shape index (κ3) is 16.6. The second-order valence-electron chi connectivity index (χ2n) is 32.8. The summed E-state index contributed by atoms with van der Waals surface area (Å²) in [5.41, 5.74) is 21.3. The monoisotopic (exact) mass is 1850 g/mol.